The van der Waals surface area contributed by atoms with Crippen molar-refractivity contribution in [2.24, 2.45) is 0 Å². The number of anilines is 1. The van der Waals surface area contributed by atoms with Gasteiger partial charge in [-0.25, -0.2) is 18.4 Å². The summed E-state index contributed by atoms with van der Waals surface area (Å²) in [6.07, 6.45) is 4.44. The number of aliphatic hydroxyl groups excluding tert-OH is 1. The van der Waals surface area contributed by atoms with Gasteiger partial charge in [0.05, 0.1) is 75.8 Å². The molecule has 2 atom stereocenters. The summed E-state index contributed by atoms with van der Waals surface area (Å²) in [5.74, 6) is -0.372. The summed E-state index contributed by atoms with van der Waals surface area (Å²) in [5, 5.41) is 26.8. The number of hydrogen-bond acceptors (Lipinski definition) is 16. The van der Waals surface area contributed by atoms with Crippen molar-refractivity contribution in [3.8, 4) is 11.8 Å². The second-order valence-corrected chi connectivity index (χ2v) is 17.7. The molecule has 1 aliphatic carbocycles. The molecule has 1 aromatic heterocycles. The molecule has 20 heteroatoms. The number of sulfonamides is 1. The Labute approximate surface area is 360 Å². The van der Waals surface area contributed by atoms with Gasteiger partial charge in [-0.3, -0.25) is 29.5 Å². The number of benzene rings is 2. The van der Waals surface area contributed by atoms with E-state index in [0.29, 0.717) is 82.1 Å². The first-order chi connectivity index (χ1) is 30.1. The van der Waals surface area contributed by atoms with Gasteiger partial charge < -0.3 is 34.1 Å². The van der Waals surface area contributed by atoms with Gasteiger partial charge in [0.25, 0.3) is 5.91 Å². The Hall–Kier alpha value is -4.85. The number of piperidine rings is 1. The maximum Gasteiger partial charge on any atom is 0.257 e. The van der Waals surface area contributed by atoms with Gasteiger partial charge in [0.15, 0.2) is 6.23 Å². The smallest absolute Gasteiger partial charge is 0.257 e. The number of nitriles is 1. The third-order valence-electron chi connectivity index (χ3n) is 11.7. The molecule has 3 fully saturated rings. The molecule has 3 N–H and O–H groups in total. The van der Waals surface area contributed by atoms with E-state index in [9.17, 15) is 33.2 Å². The highest BCUT2D eigenvalue weighted by molar-refractivity contribution is 7.89. The van der Waals surface area contributed by atoms with Crippen molar-refractivity contribution < 1.29 is 51.6 Å². The number of hydrogen-bond donors (Lipinski definition) is 3. The molecule has 7 rings (SSSR count). The van der Waals surface area contributed by atoms with Crippen LogP contribution in [0.5, 0.6) is 5.75 Å². The van der Waals surface area contributed by atoms with Gasteiger partial charge in [0, 0.05) is 61.2 Å². The van der Waals surface area contributed by atoms with Crippen molar-refractivity contribution in [1.82, 2.24) is 29.4 Å². The van der Waals surface area contributed by atoms with Gasteiger partial charge >= 0.3 is 0 Å². The molecule has 2 aromatic carbocycles. The van der Waals surface area contributed by atoms with Gasteiger partial charge in [-0.2, -0.15) is 9.57 Å². The first-order valence-electron chi connectivity index (χ1n) is 21.2. The zero-order valence-electron chi connectivity index (χ0n) is 34.6. The van der Waals surface area contributed by atoms with E-state index in [0.717, 1.165) is 47.3 Å². The van der Waals surface area contributed by atoms with Crippen LogP contribution >= 0.6 is 0 Å². The minimum atomic E-state index is -3.43. The van der Waals surface area contributed by atoms with E-state index in [4.69, 9.17) is 23.7 Å². The number of fused-ring (bicyclic) bond motifs is 2. The summed E-state index contributed by atoms with van der Waals surface area (Å²) >= 11 is 0. The molecule has 3 amide bonds. The van der Waals surface area contributed by atoms with Gasteiger partial charge in [-0.15, -0.1) is 0 Å². The molecule has 334 valence electrons. The van der Waals surface area contributed by atoms with E-state index in [1.807, 2.05) is 12.1 Å². The van der Waals surface area contributed by atoms with Crippen molar-refractivity contribution in [3.63, 3.8) is 0 Å². The zero-order valence-corrected chi connectivity index (χ0v) is 35.4. The lowest BCUT2D eigenvalue weighted by Gasteiger charge is -2.41. The number of piperazine rings is 1. The highest BCUT2D eigenvalue weighted by Gasteiger charge is 2.44. The fourth-order valence-corrected chi connectivity index (χ4v) is 9.65. The molecule has 3 aliphatic heterocycles. The number of nitrogens with zero attached hydrogens (tertiary/aromatic N) is 6. The molecule has 0 radical (unpaired) electrons. The fourth-order valence-electron chi connectivity index (χ4n) is 8.34. The van der Waals surface area contributed by atoms with Crippen LogP contribution in [0.1, 0.15) is 66.2 Å². The van der Waals surface area contributed by atoms with Crippen molar-refractivity contribution in [2.75, 3.05) is 96.7 Å². The quantitative estimate of drug-likeness (QED) is 0.102. The Kier molecular flexibility index (Phi) is 15.7. The fraction of sp³-hybridized carbons (Fsp3) is 0.571. The summed E-state index contributed by atoms with van der Waals surface area (Å²) in [5.41, 5.74) is 1.99. The summed E-state index contributed by atoms with van der Waals surface area (Å²) in [6, 6.07) is 12.1. The molecular weight excluding hydrogens is 825 g/mol. The highest BCUT2D eigenvalue weighted by Crippen LogP contribution is 2.37. The van der Waals surface area contributed by atoms with Crippen LogP contribution in [-0.4, -0.2) is 165 Å². The summed E-state index contributed by atoms with van der Waals surface area (Å²) in [7, 11) is -3.43. The Morgan fingerprint density at radius 2 is 1.50 bits per heavy atom. The number of imide groups is 1. The van der Waals surface area contributed by atoms with Crippen LogP contribution in [0.25, 0.3) is 10.9 Å². The maximum absolute atomic E-state index is 13.0. The molecule has 19 nitrogen and oxygen atoms in total. The van der Waals surface area contributed by atoms with Gasteiger partial charge in [0.1, 0.15) is 30.5 Å². The van der Waals surface area contributed by atoms with E-state index in [1.54, 1.807) is 34.9 Å². The second-order valence-electron chi connectivity index (χ2n) is 15.6. The largest absolute Gasteiger partial charge is 0.491 e. The van der Waals surface area contributed by atoms with E-state index in [1.165, 1.54) is 0 Å². The van der Waals surface area contributed by atoms with Crippen molar-refractivity contribution in [3.05, 3.63) is 59.4 Å². The lowest BCUT2D eigenvalue weighted by Crippen LogP contribution is -2.53. The lowest BCUT2D eigenvalue weighted by atomic mass is 9.89. The molecule has 2 saturated heterocycles. The van der Waals surface area contributed by atoms with E-state index in [2.05, 4.69) is 31.6 Å². The predicted octanol–water partition coefficient (Wildman–Crippen LogP) is 1.57. The van der Waals surface area contributed by atoms with E-state index in [-0.39, 0.29) is 56.6 Å². The predicted molar refractivity (Wildman–Crippen MR) is 223 cm³/mol. The SMILES string of the molecule is N#Cc1ccc2ncnc(N[C@H]3CC[C@@H](N4CCN(S(=O)(=O)CCOCCOCCOCCOCCOc5ccc6c(c5)C(O)N(C5CCC(=O)NC5=O)C6=O)CC4)CC3)c2c1. The third-order valence-corrected chi connectivity index (χ3v) is 13.5. The Balaban J connectivity index is 0.674. The van der Waals surface area contributed by atoms with Crippen molar-refractivity contribution >= 4 is 44.5 Å². The number of amides is 3. The van der Waals surface area contributed by atoms with Gasteiger partial charge in [-0.05, 0) is 68.5 Å². The van der Waals surface area contributed by atoms with Crippen LogP contribution in [0.2, 0.25) is 0 Å². The minimum Gasteiger partial charge on any atom is -0.491 e. The summed E-state index contributed by atoms with van der Waals surface area (Å²) in [4.78, 5) is 49.0. The van der Waals surface area contributed by atoms with Crippen LogP contribution in [0.15, 0.2) is 42.7 Å². The number of aliphatic hydroxyl groups is 1. The molecule has 0 bridgehead atoms. The molecule has 1 saturated carbocycles. The molecule has 2 unspecified atom stereocenters. The van der Waals surface area contributed by atoms with Crippen LogP contribution in [0.3, 0.4) is 0 Å². The first-order valence-corrected chi connectivity index (χ1v) is 22.8. The van der Waals surface area contributed by atoms with Crippen molar-refractivity contribution in [2.45, 2.75) is 62.9 Å². The van der Waals surface area contributed by atoms with Gasteiger partial charge in [-0.1, -0.05) is 0 Å². The average molecular weight is 879 g/mol. The summed E-state index contributed by atoms with van der Waals surface area (Å²) in [6.45, 7) is 4.93. The molecular formula is C42H54N8O11S. The Bertz CT molecular complexity index is 2190. The minimum absolute atomic E-state index is 0.0752. The topological polar surface area (TPSA) is 235 Å². The summed E-state index contributed by atoms with van der Waals surface area (Å²) < 4.78 is 55.5. The van der Waals surface area contributed by atoms with Crippen molar-refractivity contribution in [1.29, 1.82) is 5.26 Å². The van der Waals surface area contributed by atoms with E-state index >= 15 is 0 Å². The van der Waals surface area contributed by atoms with Crippen LogP contribution in [-0.2, 0) is 38.6 Å². The van der Waals surface area contributed by atoms with Crippen LogP contribution in [0, 0.1) is 11.3 Å². The monoisotopic (exact) mass is 878 g/mol. The third kappa shape index (κ3) is 11.4. The maximum atomic E-state index is 13.0. The Morgan fingerprint density at radius 1 is 0.823 bits per heavy atom. The number of rotatable bonds is 21. The average Bonchev–Trinajstić information content (AvgIpc) is 3.52. The molecule has 4 heterocycles. The second kappa shape index (κ2) is 21.5. The Morgan fingerprint density at radius 3 is 2.18 bits per heavy atom. The normalized spacial score (nSPS) is 22.4. The first kappa shape index (κ1) is 45.2. The molecule has 62 heavy (non-hydrogen) atoms. The van der Waals surface area contributed by atoms with Crippen LogP contribution < -0.4 is 15.4 Å². The number of nitrogens with one attached hydrogen (secondary N) is 2. The lowest BCUT2D eigenvalue weighted by molar-refractivity contribution is -0.139. The zero-order chi connectivity index (χ0) is 43.5. The van der Waals surface area contributed by atoms with E-state index < -0.39 is 40.0 Å². The number of carbonyl (C=O) groups excluding carboxylic acids is 3. The highest BCUT2D eigenvalue weighted by atomic mass is 32.2. The van der Waals surface area contributed by atoms with Gasteiger partial charge in [0.2, 0.25) is 21.8 Å². The number of carbonyl (C=O) groups is 3. The standard InChI is InChI=1S/C42H54N8O11S/c43-27-29-1-8-36-35(25-29)39(45-28-44-36)46-30-2-4-31(5-3-30)48-11-13-49(14-12-48)62(55,56)24-23-60-20-19-58-16-15-57-17-18-59-21-22-61-32-6-7-33-34(26-32)42(54)50(41(33)53)37-9-10-38(51)47-40(37)52/h1,6-8,25-26,28,30-31,37,42,54H,2-5,9-24H2,(H,44,45,46)(H,47,51,52)/t30-,31+,37?,42?. The molecule has 3 aromatic rings. The van der Waals surface area contributed by atoms with Crippen LogP contribution in [0.4, 0.5) is 5.82 Å². The number of aromatic nitrogens is 2. The molecule has 4 aliphatic rings. The molecule has 0 spiro atoms. The number of ether oxygens (including phenoxy) is 5.